The quantitative estimate of drug-likeness (QED) is 0.302. The SMILES string of the molecule is CCCc1cc2cc(C(C)(F)F)cc(COc3ccc(CCC(=O)OCC)c(C)c3C)c2o1. The Balaban J connectivity index is 1.84. The fourth-order valence-electron chi connectivity index (χ4n) is 3.91. The highest BCUT2D eigenvalue weighted by Gasteiger charge is 2.26. The Morgan fingerprint density at radius 1 is 1.03 bits per heavy atom. The summed E-state index contributed by atoms with van der Waals surface area (Å²) in [5.41, 5.74) is 4.18. The Kier molecular flexibility index (Phi) is 7.77. The molecule has 0 atom stereocenters. The lowest BCUT2D eigenvalue weighted by atomic mass is 9.99. The molecule has 0 amide bonds. The predicted molar refractivity (Wildman–Crippen MR) is 125 cm³/mol. The van der Waals surface area contributed by atoms with Gasteiger partial charge in [-0.2, -0.15) is 0 Å². The summed E-state index contributed by atoms with van der Waals surface area (Å²) in [6.07, 6.45) is 2.57. The van der Waals surface area contributed by atoms with E-state index in [1.54, 1.807) is 6.92 Å². The van der Waals surface area contributed by atoms with E-state index in [0.29, 0.717) is 41.7 Å². The summed E-state index contributed by atoms with van der Waals surface area (Å²) in [5.74, 6) is -1.72. The van der Waals surface area contributed by atoms with Crippen LogP contribution in [0.5, 0.6) is 5.75 Å². The lowest BCUT2D eigenvalue weighted by molar-refractivity contribution is -0.143. The predicted octanol–water partition coefficient (Wildman–Crippen LogP) is 7.19. The minimum atomic E-state index is -2.96. The monoisotopic (exact) mass is 458 g/mol. The molecule has 178 valence electrons. The molecule has 0 fully saturated rings. The van der Waals surface area contributed by atoms with E-state index >= 15 is 0 Å². The van der Waals surface area contributed by atoms with Gasteiger partial charge in [-0.25, -0.2) is 8.78 Å². The minimum absolute atomic E-state index is 0.0559. The minimum Gasteiger partial charge on any atom is -0.488 e. The van der Waals surface area contributed by atoms with Crippen LogP contribution in [-0.4, -0.2) is 12.6 Å². The average Bonchev–Trinajstić information content (AvgIpc) is 3.16. The number of ether oxygens (including phenoxy) is 2. The van der Waals surface area contributed by atoms with Gasteiger partial charge in [-0.05, 0) is 74.6 Å². The molecule has 3 rings (SSSR count). The zero-order valence-electron chi connectivity index (χ0n) is 20.0. The van der Waals surface area contributed by atoms with E-state index in [0.717, 1.165) is 42.2 Å². The summed E-state index contributed by atoms with van der Waals surface area (Å²) >= 11 is 0. The number of rotatable bonds is 10. The van der Waals surface area contributed by atoms with E-state index in [1.807, 2.05) is 39.0 Å². The van der Waals surface area contributed by atoms with Crippen LogP contribution in [0, 0.1) is 13.8 Å². The van der Waals surface area contributed by atoms with Gasteiger partial charge in [0.05, 0.1) is 6.61 Å². The van der Waals surface area contributed by atoms with Gasteiger partial charge < -0.3 is 13.9 Å². The van der Waals surface area contributed by atoms with Gasteiger partial charge >= 0.3 is 5.97 Å². The maximum absolute atomic E-state index is 14.1. The molecule has 33 heavy (non-hydrogen) atoms. The normalized spacial score (nSPS) is 11.7. The number of hydrogen-bond donors (Lipinski definition) is 0. The fraction of sp³-hybridized carbons (Fsp3) is 0.444. The molecule has 4 nitrogen and oxygen atoms in total. The van der Waals surface area contributed by atoms with Crippen LogP contribution in [0.15, 0.2) is 34.7 Å². The maximum atomic E-state index is 14.1. The third-order valence-corrected chi connectivity index (χ3v) is 5.88. The second kappa shape index (κ2) is 10.4. The molecule has 2 aromatic carbocycles. The molecule has 0 saturated carbocycles. The van der Waals surface area contributed by atoms with Crippen molar-refractivity contribution in [2.75, 3.05) is 6.61 Å². The van der Waals surface area contributed by atoms with Crippen LogP contribution in [0.2, 0.25) is 0 Å². The topological polar surface area (TPSA) is 48.7 Å². The summed E-state index contributed by atoms with van der Waals surface area (Å²) in [7, 11) is 0. The number of esters is 1. The van der Waals surface area contributed by atoms with Crippen LogP contribution in [0.3, 0.4) is 0 Å². The highest BCUT2D eigenvalue weighted by molar-refractivity contribution is 5.82. The molecule has 0 aliphatic carbocycles. The van der Waals surface area contributed by atoms with Gasteiger partial charge in [0.15, 0.2) is 0 Å². The maximum Gasteiger partial charge on any atom is 0.306 e. The molecule has 0 unspecified atom stereocenters. The van der Waals surface area contributed by atoms with Crippen LogP contribution in [-0.2, 0) is 34.9 Å². The number of fused-ring (bicyclic) bond motifs is 1. The first kappa shape index (κ1) is 24.7. The number of alkyl halides is 2. The molecule has 1 aromatic heterocycles. The lowest BCUT2D eigenvalue weighted by Crippen LogP contribution is -2.09. The van der Waals surface area contributed by atoms with Gasteiger partial charge in [-0.1, -0.05) is 13.0 Å². The molecule has 0 spiro atoms. The van der Waals surface area contributed by atoms with Crippen LogP contribution in [0.4, 0.5) is 8.78 Å². The number of benzene rings is 2. The molecule has 0 bridgehead atoms. The van der Waals surface area contributed by atoms with Crippen LogP contribution in [0.1, 0.15) is 67.2 Å². The molecule has 0 aliphatic heterocycles. The van der Waals surface area contributed by atoms with Crippen molar-refractivity contribution < 1.29 is 27.5 Å². The zero-order chi connectivity index (χ0) is 24.2. The lowest BCUT2D eigenvalue weighted by Gasteiger charge is -2.16. The molecular weight excluding hydrogens is 426 g/mol. The van der Waals surface area contributed by atoms with E-state index in [4.69, 9.17) is 13.9 Å². The highest BCUT2D eigenvalue weighted by Crippen LogP contribution is 2.34. The molecule has 0 saturated heterocycles. The van der Waals surface area contributed by atoms with Crippen molar-refractivity contribution in [2.24, 2.45) is 0 Å². The highest BCUT2D eigenvalue weighted by atomic mass is 19.3. The first-order chi connectivity index (χ1) is 15.6. The van der Waals surface area contributed by atoms with Gasteiger partial charge in [0.1, 0.15) is 23.7 Å². The standard InChI is InChI=1S/C27H32F2O4/c1-6-8-23-15-20-13-22(27(5,28)29)14-21(26(20)33-23)16-32-24-11-9-19(17(3)18(24)4)10-12-25(30)31-7-2/h9,11,13-15H,6-8,10,12,16H2,1-5H3. The molecule has 1 heterocycles. The van der Waals surface area contributed by atoms with E-state index < -0.39 is 5.92 Å². The smallest absolute Gasteiger partial charge is 0.306 e. The summed E-state index contributed by atoms with van der Waals surface area (Å²) in [6.45, 7) is 9.16. The van der Waals surface area contributed by atoms with E-state index in [-0.39, 0.29) is 18.1 Å². The molecule has 0 radical (unpaired) electrons. The average molecular weight is 459 g/mol. The third-order valence-electron chi connectivity index (χ3n) is 5.88. The number of furan rings is 1. The second-order valence-electron chi connectivity index (χ2n) is 8.47. The molecule has 0 aliphatic rings. The van der Waals surface area contributed by atoms with Crippen molar-refractivity contribution in [1.29, 1.82) is 0 Å². The van der Waals surface area contributed by atoms with Crippen molar-refractivity contribution in [1.82, 2.24) is 0 Å². The van der Waals surface area contributed by atoms with E-state index in [1.165, 1.54) is 12.1 Å². The van der Waals surface area contributed by atoms with Crippen molar-refractivity contribution >= 4 is 16.9 Å². The summed E-state index contributed by atoms with van der Waals surface area (Å²) in [5, 5.41) is 0.665. The van der Waals surface area contributed by atoms with Gasteiger partial charge in [-0.3, -0.25) is 4.79 Å². The van der Waals surface area contributed by atoms with Crippen molar-refractivity contribution in [3.63, 3.8) is 0 Å². The number of carbonyl (C=O) groups is 1. The van der Waals surface area contributed by atoms with Gasteiger partial charge in [0, 0.05) is 36.3 Å². The summed E-state index contributed by atoms with van der Waals surface area (Å²) in [6, 6.07) is 8.61. The number of aryl methyl sites for hydroxylation is 2. The van der Waals surface area contributed by atoms with Crippen LogP contribution >= 0.6 is 0 Å². The first-order valence-corrected chi connectivity index (χ1v) is 11.4. The number of carbonyl (C=O) groups excluding carboxylic acids is 1. The van der Waals surface area contributed by atoms with Crippen molar-refractivity contribution in [2.45, 2.75) is 72.8 Å². The summed E-state index contributed by atoms with van der Waals surface area (Å²) in [4.78, 5) is 11.7. The summed E-state index contributed by atoms with van der Waals surface area (Å²) < 4.78 is 45.3. The van der Waals surface area contributed by atoms with Crippen LogP contribution < -0.4 is 4.74 Å². The fourth-order valence-corrected chi connectivity index (χ4v) is 3.91. The second-order valence-corrected chi connectivity index (χ2v) is 8.47. The molecule has 0 N–H and O–H groups in total. The van der Waals surface area contributed by atoms with Gasteiger partial charge in [-0.15, -0.1) is 0 Å². The molecule has 3 aromatic rings. The van der Waals surface area contributed by atoms with Gasteiger partial charge in [0.25, 0.3) is 5.92 Å². The zero-order valence-corrected chi connectivity index (χ0v) is 20.0. The Hall–Kier alpha value is -2.89. The van der Waals surface area contributed by atoms with Gasteiger partial charge in [0.2, 0.25) is 0 Å². The van der Waals surface area contributed by atoms with Crippen molar-refractivity contribution in [3.05, 3.63) is 63.9 Å². The largest absolute Gasteiger partial charge is 0.488 e. The Morgan fingerprint density at radius 3 is 2.45 bits per heavy atom. The first-order valence-electron chi connectivity index (χ1n) is 11.4. The Bertz CT molecular complexity index is 1130. The number of hydrogen-bond acceptors (Lipinski definition) is 4. The molecule has 6 heteroatoms. The third kappa shape index (κ3) is 5.92. The van der Waals surface area contributed by atoms with Crippen LogP contribution in [0.25, 0.3) is 11.0 Å². The van der Waals surface area contributed by atoms with E-state index in [9.17, 15) is 13.6 Å². The Morgan fingerprint density at radius 2 is 1.79 bits per heavy atom. The van der Waals surface area contributed by atoms with Crippen molar-refractivity contribution in [3.8, 4) is 5.75 Å². The van der Waals surface area contributed by atoms with E-state index in [2.05, 4.69) is 0 Å². The molecular formula is C27H32F2O4. The number of halogens is 2. The Labute approximate surface area is 193 Å².